The first-order valence-corrected chi connectivity index (χ1v) is 13.1. The molecule has 7 heteroatoms. The molecule has 0 aromatic heterocycles. The van der Waals surface area contributed by atoms with Crippen molar-refractivity contribution < 1.29 is 17.9 Å². The third-order valence-corrected chi connectivity index (χ3v) is 8.42. The van der Waals surface area contributed by atoms with Crippen LogP contribution in [-0.4, -0.2) is 57.6 Å². The highest BCUT2D eigenvalue weighted by atomic mass is 32.2. The molecule has 4 atom stereocenters. The number of hydrogen-bond donors (Lipinski definition) is 1. The lowest BCUT2D eigenvalue weighted by atomic mass is 10.0. The van der Waals surface area contributed by atoms with Gasteiger partial charge in [0.05, 0.1) is 36.5 Å². The summed E-state index contributed by atoms with van der Waals surface area (Å²) in [5, 5.41) is 2.29. The molecule has 0 amide bonds. The second kappa shape index (κ2) is 10.9. The van der Waals surface area contributed by atoms with Gasteiger partial charge in [-0.25, -0.2) is 18.9 Å². The van der Waals surface area contributed by atoms with Crippen LogP contribution in [0.4, 0.5) is 0 Å². The minimum atomic E-state index is -3.45. The summed E-state index contributed by atoms with van der Waals surface area (Å²) in [6.07, 6.45) is 4.70. The first-order chi connectivity index (χ1) is 15.6. The van der Waals surface area contributed by atoms with Crippen molar-refractivity contribution in [2.45, 2.75) is 55.3 Å². The highest BCUT2D eigenvalue weighted by Gasteiger charge is 2.44. The molecule has 0 radical (unpaired) electrons. The largest absolute Gasteiger partial charge is 0.383 e. The summed E-state index contributed by atoms with van der Waals surface area (Å²) in [6, 6.07) is 19.0. The Hall–Kier alpha value is -1.77. The van der Waals surface area contributed by atoms with Gasteiger partial charge in [0.15, 0.2) is 9.84 Å². The summed E-state index contributed by atoms with van der Waals surface area (Å²) < 4.78 is 37.8. The van der Waals surface area contributed by atoms with Crippen molar-refractivity contribution in [1.82, 2.24) is 10.4 Å². The van der Waals surface area contributed by atoms with E-state index in [1.807, 2.05) is 36.4 Å². The molecular formula is C25H34N2O4S. The normalized spacial score (nSPS) is 24.5. The Labute approximate surface area is 191 Å². The molecule has 6 nitrogen and oxygen atoms in total. The minimum Gasteiger partial charge on any atom is -0.383 e. The summed E-state index contributed by atoms with van der Waals surface area (Å²) in [7, 11) is -1.72. The maximum absolute atomic E-state index is 13.1. The Morgan fingerprint density at radius 1 is 1.06 bits per heavy atom. The predicted octanol–water partition coefficient (Wildman–Crippen LogP) is 3.44. The van der Waals surface area contributed by atoms with Crippen molar-refractivity contribution in [2.24, 2.45) is 5.92 Å². The third kappa shape index (κ3) is 5.77. The number of hydrogen-bond acceptors (Lipinski definition) is 6. The second-order valence-electron chi connectivity index (χ2n) is 8.93. The number of hydrazine groups is 1. The molecule has 1 aliphatic carbocycles. The molecule has 174 valence electrons. The van der Waals surface area contributed by atoms with Gasteiger partial charge in [0.25, 0.3) is 0 Å². The molecular weight excluding hydrogens is 424 g/mol. The smallest absolute Gasteiger partial charge is 0.180 e. The van der Waals surface area contributed by atoms with Gasteiger partial charge in [-0.1, -0.05) is 55.0 Å². The summed E-state index contributed by atoms with van der Waals surface area (Å²) >= 11 is 0. The summed E-state index contributed by atoms with van der Waals surface area (Å²) in [6.45, 7) is 1.41. The SMILES string of the molecule is COC[C@H]1C[C@H]2CCC[C@H]2N1N[C@@H](COCc1ccccc1)CS(=O)(=O)c1ccccc1. The van der Waals surface area contributed by atoms with E-state index >= 15 is 0 Å². The van der Waals surface area contributed by atoms with Crippen LogP contribution in [0.3, 0.4) is 0 Å². The molecule has 2 aromatic carbocycles. The zero-order chi connectivity index (χ0) is 22.4. The van der Waals surface area contributed by atoms with E-state index in [-0.39, 0.29) is 17.8 Å². The van der Waals surface area contributed by atoms with Crippen LogP contribution in [-0.2, 0) is 25.9 Å². The Balaban J connectivity index is 1.48. The first-order valence-electron chi connectivity index (χ1n) is 11.5. The number of nitrogens with zero attached hydrogens (tertiary/aromatic N) is 1. The van der Waals surface area contributed by atoms with Crippen molar-refractivity contribution in [2.75, 3.05) is 26.1 Å². The van der Waals surface area contributed by atoms with Gasteiger partial charge in [-0.05, 0) is 42.9 Å². The monoisotopic (exact) mass is 458 g/mol. The standard InChI is InChI=1S/C25H34N2O4S/c1-30-18-23-15-21-11-8-14-25(21)27(23)26-22(17-31-16-20-9-4-2-5-10-20)19-32(28,29)24-12-6-3-7-13-24/h2-7,9-10,12-13,21-23,25-26H,8,11,14-19H2,1H3/t21-,22+,23-,25-/m1/s1. The number of fused-ring (bicyclic) bond motifs is 1. The molecule has 1 aliphatic heterocycles. The van der Waals surface area contributed by atoms with E-state index in [9.17, 15) is 8.42 Å². The third-order valence-electron chi connectivity index (χ3n) is 6.59. The lowest BCUT2D eigenvalue weighted by molar-refractivity contribution is 0.0201. The zero-order valence-corrected chi connectivity index (χ0v) is 19.5. The van der Waals surface area contributed by atoms with Crippen LogP contribution >= 0.6 is 0 Å². The lowest BCUT2D eigenvalue weighted by Gasteiger charge is -2.34. The predicted molar refractivity (Wildman–Crippen MR) is 125 cm³/mol. The van der Waals surface area contributed by atoms with Gasteiger partial charge in [-0.3, -0.25) is 0 Å². The molecule has 2 fully saturated rings. The fraction of sp³-hybridized carbons (Fsp3) is 0.520. The molecule has 0 unspecified atom stereocenters. The number of rotatable bonds is 11. The van der Waals surface area contributed by atoms with Crippen molar-refractivity contribution in [3.8, 4) is 0 Å². The number of ether oxygens (including phenoxy) is 2. The quantitative estimate of drug-likeness (QED) is 0.556. The van der Waals surface area contributed by atoms with Crippen molar-refractivity contribution >= 4 is 9.84 Å². The van der Waals surface area contributed by atoms with Gasteiger partial charge in [-0.2, -0.15) is 0 Å². The Morgan fingerprint density at radius 2 is 1.78 bits per heavy atom. The van der Waals surface area contributed by atoms with E-state index < -0.39 is 9.84 Å². The molecule has 1 saturated heterocycles. The first kappa shape index (κ1) is 23.4. The van der Waals surface area contributed by atoms with Crippen LogP contribution in [0.1, 0.15) is 31.2 Å². The van der Waals surface area contributed by atoms with Crippen molar-refractivity contribution in [1.29, 1.82) is 0 Å². The second-order valence-corrected chi connectivity index (χ2v) is 11.0. The highest BCUT2D eigenvalue weighted by molar-refractivity contribution is 7.91. The minimum absolute atomic E-state index is 0.0145. The van der Waals surface area contributed by atoms with E-state index in [0.29, 0.717) is 36.7 Å². The summed E-state index contributed by atoms with van der Waals surface area (Å²) in [5.74, 6) is 0.638. The van der Waals surface area contributed by atoms with Crippen LogP contribution in [0.5, 0.6) is 0 Å². The molecule has 2 aromatic rings. The zero-order valence-electron chi connectivity index (χ0n) is 18.7. The molecule has 1 saturated carbocycles. The van der Waals surface area contributed by atoms with Crippen molar-refractivity contribution in [3.05, 3.63) is 66.2 Å². The average molecular weight is 459 g/mol. The van der Waals surface area contributed by atoms with Crippen molar-refractivity contribution in [3.63, 3.8) is 0 Å². The molecule has 32 heavy (non-hydrogen) atoms. The molecule has 1 heterocycles. The molecule has 2 aliphatic rings. The van der Waals surface area contributed by atoms with E-state index in [0.717, 1.165) is 18.4 Å². The number of sulfone groups is 1. The van der Waals surface area contributed by atoms with Crippen LogP contribution in [0.2, 0.25) is 0 Å². The topological polar surface area (TPSA) is 67.9 Å². The van der Waals surface area contributed by atoms with Gasteiger partial charge < -0.3 is 9.47 Å². The fourth-order valence-electron chi connectivity index (χ4n) is 5.15. The number of benzene rings is 2. The molecule has 4 rings (SSSR count). The summed E-state index contributed by atoms with van der Waals surface area (Å²) in [5.41, 5.74) is 4.66. The number of methoxy groups -OCH3 is 1. The molecule has 0 spiro atoms. The van der Waals surface area contributed by atoms with Crippen LogP contribution < -0.4 is 5.43 Å². The maximum Gasteiger partial charge on any atom is 0.180 e. The van der Waals surface area contributed by atoms with E-state index in [1.165, 1.54) is 12.8 Å². The van der Waals surface area contributed by atoms with E-state index in [1.54, 1.807) is 31.4 Å². The maximum atomic E-state index is 13.1. The average Bonchev–Trinajstić information content (AvgIpc) is 3.38. The summed E-state index contributed by atoms with van der Waals surface area (Å²) in [4.78, 5) is 0.350. The number of nitrogens with one attached hydrogen (secondary N) is 1. The molecule has 1 N–H and O–H groups in total. The van der Waals surface area contributed by atoms with Gasteiger partial charge in [0, 0.05) is 19.2 Å². The Bertz CT molecular complexity index is 939. The van der Waals surface area contributed by atoms with Gasteiger partial charge in [0.1, 0.15) is 0 Å². The van der Waals surface area contributed by atoms with Gasteiger partial charge >= 0.3 is 0 Å². The van der Waals surface area contributed by atoms with Crippen LogP contribution in [0.15, 0.2) is 65.6 Å². The van der Waals surface area contributed by atoms with Gasteiger partial charge in [-0.15, -0.1) is 0 Å². The van der Waals surface area contributed by atoms with E-state index in [4.69, 9.17) is 9.47 Å². The Kier molecular flexibility index (Phi) is 7.97. The van der Waals surface area contributed by atoms with Gasteiger partial charge in [0.2, 0.25) is 0 Å². The lowest BCUT2D eigenvalue weighted by Crippen LogP contribution is -2.55. The fourth-order valence-corrected chi connectivity index (χ4v) is 6.61. The highest BCUT2D eigenvalue weighted by Crippen LogP contribution is 2.40. The van der Waals surface area contributed by atoms with E-state index in [2.05, 4.69) is 10.4 Å². The Morgan fingerprint density at radius 3 is 2.50 bits per heavy atom. The molecule has 0 bridgehead atoms. The van der Waals surface area contributed by atoms with Crippen LogP contribution in [0.25, 0.3) is 0 Å². The van der Waals surface area contributed by atoms with Crippen LogP contribution in [0, 0.1) is 5.92 Å².